The SMILES string of the molecule is COc1cc(Br)c(OCCCCCCn2c(-c3ccccn3)nc3ccccc32)cc1Br. The summed E-state index contributed by atoms with van der Waals surface area (Å²) in [6, 6.07) is 18.1. The van der Waals surface area contributed by atoms with Crippen molar-refractivity contribution in [3.63, 3.8) is 0 Å². The Morgan fingerprint density at radius 1 is 0.875 bits per heavy atom. The number of hydrogen-bond donors (Lipinski definition) is 0. The third-order valence-electron chi connectivity index (χ3n) is 5.29. The van der Waals surface area contributed by atoms with E-state index in [2.05, 4.69) is 59.6 Å². The summed E-state index contributed by atoms with van der Waals surface area (Å²) in [7, 11) is 1.65. The van der Waals surface area contributed by atoms with Gasteiger partial charge in [0.2, 0.25) is 0 Å². The second-order valence-electron chi connectivity index (χ2n) is 7.47. The van der Waals surface area contributed by atoms with Crippen molar-refractivity contribution in [2.45, 2.75) is 32.2 Å². The first-order chi connectivity index (χ1) is 15.7. The lowest BCUT2D eigenvalue weighted by Crippen LogP contribution is -2.03. The van der Waals surface area contributed by atoms with Gasteiger partial charge < -0.3 is 14.0 Å². The molecule has 0 amide bonds. The summed E-state index contributed by atoms with van der Waals surface area (Å²) in [5.41, 5.74) is 3.08. The first-order valence-corrected chi connectivity index (χ1v) is 12.3. The van der Waals surface area contributed by atoms with Crippen molar-refractivity contribution in [1.82, 2.24) is 14.5 Å². The van der Waals surface area contributed by atoms with Crippen LogP contribution in [0.5, 0.6) is 11.5 Å². The molecular weight excluding hydrogens is 534 g/mol. The summed E-state index contributed by atoms with van der Waals surface area (Å²) < 4.78 is 15.3. The zero-order valence-electron chi connectivity index (χ0n) is 17.9. The Bertz CT molecular complexity index is 1180. The summed E-state index contributed by atoms with van der Waals surface area (Å²) in [5, 5.41) is 0. The maximum Gasteiger partial charge on any atom is 0.159 e. The minimum atomic E-state index is 0.685. The van der Waals surface area contributed by atoms with Gasteiger partial charge in [-0.15, -0.1) is 0 Å². The smallest absolute Gasteiger partial charge is 0.159 e. The van der Waals surface area contributed by atoms with E-state index >= 15 is 0 Å². The molecule has 0 fully saturated rings. The predicted molar refractivity (Wildman–Crippen MR) is 135 cm³/mol. The van der Waals surface area contributed by atoms with Crippen molar-refractivity contribution in [3.05, 3.63) is 69.7 Å². The highest BCUT2D eigenvalue weighted by molar-refractivity contribution is 9.11. The fourth-order valence-corrected chi connectivity index (χ4v) is 4.60. The van der Waals surface area contributed by atoms with Gasteiger partial charge in [-0.05, 0) is 81.1 Å². The number of fused-ring (bicyclic) bond motifs is 1. The molecule has 166 valence electrons. The fourth-order valence-electron chi connectivity index (χ4n) is 3.68. The van der Waals surface area contributed by atoms with Crippen molar-refractivity contribution in [2.24, 2.45) is 0 Å². The quantitative estimate of drug-likeness (QED) is 0.192. The van der Waals surface area contributed by atoms with Gasteiger partial charge in [0.25, 0.3) is 0 Å². The van der Waals surface area contributed by atoms with Crippen molar-refractivity contribution in [2.75, 3.05) is 13.7 Å². The molecule has 4 rings (SSSR count). The van der Waals surface area contributed by atoms with Crippen LogP contribution in [-0.4, -0.2) is 28.3 Å². The Morgan fingerprint density at radius 3 is 2.44 bits per heavy atom. The lowest BCUT2D eigenvalue weighted by molar-refractivity contribution is 0.301. The normalized spacial score (nSPS) is 11.1. The minimum absolute atomic E-state index is 0.685. The highest BCUT2D eigenvalue weighted by Crippen LogP contribution is 2.36. The molecule has 5 nitrogen and oxygen atoms in total. The third kappa shape index (κ3) is 5.33. The van der Waals surface area contributed by atoms with Gasteiger partial charge in [0.1, 0.15) is 17.2 Å². The number of hydrogen-bond acceptors (Lipinski definition) is 4. The van der Waals surface area contributed by atoms with Crippen LogP contribution in [-0.2, 0) is 6.54 Å². The molecule has 7 heteroatoms. The van der Waals surface area contributed by atoms with E-state index in [4.69, 9.17) is 14.5 Å². The number of aryl methyl sites for hydroxylation is 1. The monoisotopic (exact) mass is 557 g/mol. The minimum Gasteiger partial charge on any atom is -0.496 e. The van der Waals surface area contributed by atoms with E-state index in [1.54, 1.807) is 7.11 Å². The van der Waals surface area contributed by atoms with Crippen LogP contribution in [0, 0.1) is 0 Å². The van der Waals surface area contributed by atoms with E-state index < -0.39 is 0 Å². The fraction of sp³-hybridized carbons (Fsp3) is 0.280. The van der Waals surface area contributed by atoms with Crippen molar-refractivity contribution in [1.29, 1.82) is 0 Å². The maximum absolute atomic E-state index is 5.95. The molecule has 32 heavy (non-hydrogen) atoms. The number of ether oxygens (including phenoxy) is 2. The molecule has 2 heterocycles. The Labute approximate surface area is 205 Å². The van der Waals surface area contributed by atoms with Crippen molar-refractivity contribution in [3.8, 4) is 23.0 Å². The number of nitrogens with zero attached hydrogens (tertiary/aromatic N) is 3. The topological polar surface area (TPSA) is 49.2 Å². The molecule has 0 aliphatic heterocycles. The number of imidazole rings is 1. The van der Waals surface area contributed by atoms with Crippen LogP contribution in [0.15, 0.2) is 69.7 Å². The summed E-state index contributed by atoms with van der Waals surface area (Å²) in [6.45, 7) is 1.61. The zero-order valence-corrected chi connectivity index (χ0v) is 21.1. The van der Waals surface area contributed by atoms with Gasteiger partial charge in [0, 0.05) is 12.7 Å². The van der Waals surface area contributed by atoms with Gasteiger partial charge in [-0.2, -0.15) is 0 Å². The second-order valence-corrected chi connectivity index (χ2v) is 9.18. The number of methoxy groups -OCH3 is 1. The molecule has 0 aliphatic carbocycles. The summed E-state index contributed by atoms with van der Waals surface area (Å²) in [6.07, 6.45) is 6.15. The van der Waals surface area contributed by atoms with E-state index in [9.17, 15) is 0 Å². The number of pyridine rings is 1. The molecule has 2 aromatic carbocycles. The van der Waals surface area contributed by atoms with Crippen LogP contribution in [0.25, 0.3) is 22.6 Å². The van der Waals surface area contributed by atoms with Gasteiger partial charge in [0.15, 0.2) is 5.82 Å². The first-order valence-electron chi connectivity index (χ1n) is 10.7. The zero-order chi connectivity index (χ0) is 22.3. The third-order valence-corrected chi connectivity index (χ3v) is 6.53. The molecule has 0 unspecified atom stereocenters. The largest absolute Gasteiger partial charge is 0.496 e. The highest BCUT2D eigenvalue weighted by atomic mass is 79.9. The van der Waals surface area contributed by atoms with E-state index in [-0.39, 0.29) is 0 Å². The summed E-state index contributed by atoms with van der Waals surface area (Å²) >= 11 is 7.05. The van der Waals surface area contributed by atoms with E-state index in [1.165, 1.54) is 0 Å². The van der Waals surface area contributed by atoms with Gasteiger partial charge in [-0.3, -0.25) is 4.98 Å². The van der Waals surface area contributed by atoms with Crippen LogP contribution < -0.4 is 9.47 Å². The van der Waals surface area contributed by atoms with Crippen LogP contribution >= 0.6 is 31.9 Å². The van der Waals surface area contributed by atoms with Crippen molar-refractivity contribution < 1.29 is 9.47 Å². The Kier molecular flexibility index (Phi) is 7.81. The van der Waals surface area contributed by atoms with Crippen LogP contribution in [0.3, 0.4) is 0 Å². The average Bonchev–Trinajstić information content (AvgIpc) is 3.19. The molecule has 0 radical (unpaired) electrons. The molecule has 0 saturated heterocycles. The van der Waals surface area contributed by atoms with Crippen LogP contribution in [0.2, 0.25) is 0 Å². The number of halogens is 2. The lowest BCUT2D eigenvalue weighted by Gasteiger charge is -2.11. The predicted octanol–water partition coefficient (Wildman–Crippen LogP) is 7.27. The van der Waals surface area contributed by atoms with Gasteiger partial charge >= 0.3 is 0 Å². The Balaban J connectivity index is 1.30. The molecule has 0 aliphatic rings. The first kappa shape index (κ1) is 22.8. The van der Waals surface area contributed by atoms with Crippen molar-refractivity contribution >= 4 is 42.9 Å². The molecule has 2 aromatic heterocycles. The number of unbranched alkanes of at least 4 members (excludes halogenated alkanes) is 3. The molecule has 0 saturated carbocycles. The Morgan fingerprint density at radius 2 is 1.62 bits per heavy atom. The number of para-hydroxylation sites is 2. The number of rotatable bonds is 10. The summed E-state index contributed by atoms with van der Waals surface area (Å²) in [4.78, 5) is 9.35. The van der Waals surface area contributed by atoms with E-state index in [1.807, 2.05) is 42.6 Å². The lowest BCUT2D eigenvalue weighted by atomic mass is 10.2. The average molecular weight is 559 g/mol. The standard InChI is InChI=1S/C25H25Br2N3O2/c1-31-23-16-19(27)24(17-18(23)26)32-15-9-3-2-8-14-30-22-12-5-4-10-20(22)29-25(30)21-11-6-7-13-28-21/h4-7,10-13,16-17H,2-3,8-9,14-15H2,1H3. The highest BCUT2D eigenvalue weighted by Gasteiger charge is 2.13. The molecule has 0 atom stereocenters. The number of benzene rings is 2. The van der Waals surface area contributed by atoms with Crippen LogP contribution in [0.1, 0.15) is 25.7 Å². The Hall–Kier alpha value is -2.38. The van der Waals surface area contributed by atoms with Gasteiger partial charge in [0.05, 0.1) is 33.7 Å². The molecule has 4 aromatic rings. The van der Waals surface area contributed by atoms with Crippen LogP contribution in [0.4, 0.5) is 0 Å². The van der Waals surface area contributed by atoms with E-state index in [0.717, 1.165) is 75.2 Å². The van der Waals surface area contributed by atoms with Gasteiger partial charge in [-0.1, -0.05) is 31.0 Å². The van der Waals surface area contributed by atoms with E-state index in [0.29, 0.717) is 6.61 Å². The summed E-state index contributed by atoms with van der Waals surface area (Å²) in [5.74, 6) is 2.54. The molecule has 0 spiro atoms. The van der Waals surface area contributed by atoms with Gasteiger partial charge in [-0.25, -0.2) is 4.98 Å². The maximum atomic E-state index is 5.95. The second kappa shape index (κ2) is 11.0. The molecule has 0 bridgehead atoms. The molecule has 0 N–H and O–H groups in total. The molecular formula is C25H25Br2N3O2. The number of aromatic nitrogens is 3.